The molecule has 0 aliphatic carbocycles. The number of alkyl halides is 7. The SMILES string of the molecule is O=C(O)/C=C(\F)C(F)(F)C(F)(F)C(F)(F)F. The quantitative estimate of drug-likeness (QED) is 0.624. The van der Waals surface area contributed by atoms with Crippen LogP contribution >= 0.6 is 0 Å². The van der Waals surface area contributed by atoms with Gasteiger partial charge in [-0.05, 0) is 0 Å². The molecule has 1 N–H and O–H groups in total. The summed E-state index contributed by atoms with van der Waals surface area (Å²) in [5.74, 6) is -18.8. The van der Waals surface area contributed by atoms with Crippen molar-refractivity contribution in [3.05, 3.63) is 11.9 Å². The molecule has 0 heterocycles. The van der Waals surface area contributed by atoms with E-state index in [9.17, 15) is 39.9 Å². The predicted octanol–water partition coefficient (Wildman–Crippen LogP) is 2.76. The molecule has 0 fully saturated rings. The number of rotatable bonds is 3. The number of carbonyl (C=O) groups is 1. The molecule has 0 aromatic heterocycles. The number of carboxylic acid groups (broad SMARTS) is 1. The van der Waals surface area contributed by atoms with Crippen molar-refractivity contribution >= 4 is 5.97 Å². The van der Waals surface area contributed by atoms with E-state index in [-0.39, 0.29) is 0 Å². The fraction of sp³-hybridized carbons (Fsp3) is 0.500. The Morgan fingerprint density at radius 1 is 1.00 bits per heavy atom. The van der Waals surface area contributed by atoms with Crippen molar-refractivity contribution in [2.45, 2.75) is 18.0 Å². The maximum Gasteiger partial charge on any atom is 0.460 e. The Labute approximate surface area is 82.2 Å². The number of carboxylic acids is 1. The van der Waals surface area contributed by atoms with Crippen molar-refractivity contribution in [1.29, 1.82) is 0 Å². The van der Waals surface area contributed by atoms with Gasteiger partial charge in [-0.2, -0.15) is 30.7 Å². The molecule has 0 radical (unpaired) electrons. The first kappa shape index (κ1) is 14.7. The molecule has 10 heteroatoms. The molecule has 0 spiro atoms. The normalized spacial score (nSPS) is 15.1. The van der Waals surface area contributed by atoms with Crippen molar-refractivity contribution < 1.29 is 45.0 Å². The van der Waals surface area contributed by atoms with Crippen LogP contribution < -0.4 is 0 Å². The number of hydrogen-bond acceptors (Lipinski definition) is 1. The van der Waals surface area contributed by atoms with E-state index in [1.807, 2.05) is 0 Å². The Morgan fingerprint density at radius 2 is 1.38 bits per heavy atom. The van der Waals surface area contributed by atoms with E-state index < -0.39 is 35.9 Å². The Kier molecular flexibility index (Phi) is 3.58. The van der Waals surface area contributed by atoms with Gasteiger partial charge in [0.25, 0.3) is 0 Å². The van der Waals surface area contributed by atoms with Crippen molar-refractivity contribution in [1.82, 2.24) is 0 Å². The smallest absolute Gasteiger partial charge is 0.460 e. The first-order valence-corrected chi connectivity index (χ1v) is 3.27. The summed E-state index contributed by atoms with van der Waals surface area (Å²) < 4.78 is 95.2. The Balaban J connectivity index is 5.44. The fourth-order valence-electron chi connectivity index (χ4n) is 0.527. The van der Waals surface area contributed by atoms with Crippen molar-refractivity contribution in [2.24, 2.45) is 0 Å². The molecule has 0 bridgehead atoms. The zero-order valence-electron chi connectivity index (χ0n) is 6.96. The van der Waals surface area contributed by atoms with Crippen LogP contribution in [0, 0.1) is 0 Å². The first-order chi connectivity index (χ1) is 6.84. The average Bonchev–Trinajstić information content (AvgIpc) is 2.00. The molecule has 0 saturated heterocycles. The minimum absolute atomic E-state index is 1.07. The molecule has 0 amide bonds. The lowest BCUT2D eigenvalue weighted by Crippen LogP contribution is -2.52. The third-order valence-electron chi connectivity index (χ3n) is 1.30. The van der Waals surface area contributed by atoms with E-state index in [1.54, 1.807) is 0 Å². The molecule has 0 rings (SSSR count). The summed E-state index contributed by atoms with van der Waals surface area (Å²) in [6.07, 6.45) is -7.78. The van der Waals surface area contributed by atoms with E-state index in [0.717, 1.165) is 0 Å². The van der Waals surface area contributed by atoms with Crippen LogP contribution in [0.2, 0.25) is 0 Å². The summed E-state index contributed by atoms with van der Waals surface area (Å²) >= 11 is 0. The van der Waals surface area contributed by atoms with Gasteiger partial charge in [0, 0.05) is 0 Å². The van der Waals surface area contributed by atoms with Crippen LogP contribution in [0.15, 0.2) is 11.9 Å². The second-order valence-corrected chi connectivity index (χ2v) is 2.48. The highest BCUT2D eigenvalue weighted by Gasteiger charge is 2.75. The molecule has 0 unspecified atom stereocenters. The molecule has 0 saturated carbocycles. The van der Waals surface area contributed by atoms with Gasteiger partial charge in [-0.25, -0.2) is 9.18 Å². The van der Waals surface area contributed by atoms with E-state index in [0.29, 0.717) is 0 Å². The van der Waals surface area contributed by atoms with Crippen molar-refractivity contribution in [2.75, 3.05) is 0 Å². The number of halogens is 8. The van der Waals surface area contributed by atoms with E-state index in [2.05, 4.69) is 0 Å². The minimum Gasteiger partial charge on any atom is -0.478 e. The third-order valence-corrected chi connectivity index (χ3v) is 1.30. The molecule has 16 heavy (non-hydrogen) atoms. The van der Waals surface area contributed by atoms with Crippen LogP contribution in [-0.2, 0) is 4.79 Å². The molecule has 0 atom stereocenters. The zero-order valence-corrected chi connectivity index (χ0v) is 6.96. The van der Waals surface area contributed by atoms with Gasteiger partial charge in [-0.1, -0.05) is 0 Å². The molecule has 0 aromatic carbocycles. The zero-order chi connectivity index (χ0) is 13.4. The Bertz CT molecular complexity index is 315. The summed E-state index contributed by atoms with van der Waals surface area (Å²) in [6.45, 7) is 0. The number of hydrogen-bond donors (Lipinski definition) is 1. The summed E-state index contributed by atoms with van der Waals surface area (Å²) in [5.41, 5.74) is 0. The highest BCUT2D eigenvalue weighted by atomic mass is 19.4. The molecular formula is C6H2F8O2. The topological polar surface area (TPSA) is 37.3 Å². The van der Waals surface area contributed by atoms with Gasteiger partial charge in [-0.3, -0.25) is 0 Å². The summed E-state index contributed by atoms with van der Waals surface area (Å²) in [7, 11) is 0. The molecule has 0 aliphatic heterocycles. The highest BCUT2D eigenvalue weighted by Crippen LogP contribution is 2.49. The van der Waals surface area contributed by atoms with Crippen LogP contribution in [0.25, 0.3) is 0 Å². The molecule has 94 valence electrons. The number of aliphatic carboxylic acids is 1. The summed E-state index contributed by atoms with van der Waals surface area (Å²) in [6, 6.07) is 0. The van der Waals surface area contributed by atoms with Crippen LogP contribution in [0.5, 0.6) is 0 Å². The van der Waals surface area contributed by atoms with Crippen LogP contribution in [0.3, 0.4) is 0 Å². The molecule has 0 aliphatic rings. The molecular weight excluding hydrogens is 256 g/mol. The lowest BCUT2D eigenvalue weighted by atomic mass is 10.1. The van der Waals surface area contributed by atoms with Gasteiger partial charge in [0.05, 0.1) is 6.08 Å². The second kappa shape index (κ2) is 3.91. The van der Waals surface area contributed by atoms with Crippen molar-refractivity contribution in [3.8, 4) is 0 Å². The Hall–Kier alpha value is -1.35. The van der Waals surface area contributed by atoms with Crippen LogP contribution in [-0.4, -0.2) is 29.1 Å². The van der Waals surface area contributed by atoms with Gasteiger partial charge in [0.15, 0.2) is 5.83 Å². The lowest BCUT2D eigenvalue weighted by Gasteiger charge is -2.26. The summed E-state index contributed by atoms with van der Waals surface area (Å²) in [4.78, 5) is 9.66. The van der Waals surface area contributed by atoms with E-state index in [4.69, 9.17) is 5.11 Å². The highest BCUT2D eigenvalue weighted by molar-refractivity contribution is 5.80. The van der Waals surface area contributed by atoms with Crippen LogP contribution in [0.4, 0.5) is 35.1 Å². The van der Waals surface area contributed by atoms with Gasteiger partial charge in [-0.15, -0.1) is 0 Å². The van der Waals surface area contributed by atoms with E-state index in [1.165, 1.54) is 0 Å². The van der Waals surface area contributed by atoms with Gasteiger partial charge in [0.2, 0.25) is 0 Å². The maximum absolute atomic E-state index is 12.3. The van der Waals surface area contributed by atoms with Gasteiger partial charge in [0.1, 0.15) is 0 Å². The molecule has 2 nitrogen and oxygen atoms in total. The average molecular weight is 258 g/mol. The first-order valence-electron chi connectivity index (χ1n) is 3.27. The minimum atomic E-state index is -6.71. The largest absolute Gasteiger partial charge is 0.478 e. The van der Waals surface area contributed by atoms with E-state index >= 15 is 0 Å². The fourth-order valence-corrected chi connectivity index (χ4v) is 0.527. The molecule has 0 aromatic rings. The summed E-state index contributed by atoms with van der Waals surface area (Å²) in [5, 5.41) is 7.74. The predicted molar refractivity (Wildman–Crippen MR) is 32.8 cm³/mol. The number of allylic oxidation sites excluding steroid dienone is 1. The van der Waals surface area contributed by atoms with Gasteiger partial charge < -0.3 is 5.11 Å². The maximum atomic E-state index is 12.3. The Morgan fingerprint density at radius 3 is 1.62 bits per heavy atom. The lowest BCUT2D eigenvalue weighted by molar-refractivity contribution is -0.347. The van der Waals surface area contributed by atoms with Gasteiger partial charge >= 0.3 is 24.0 Å². The van der Waals surface area contributed by atoms with Crippen molar-refractivity contribution in [3.63, 3.8) is 0 Å². The third kappa shape index (κ3) is 2.42. The monoisotopic (exact) mass is 258 g/mol. The second-order valence-electron chi connectivity index (χ2n) is 2.48. The standard InChI is InChI=1S/C6H2F8O2/c7-2(1-3(15)16)4(8,9)5(10,11)6(12,13)14/h1H,(H,15,16)/b2-1-. The van der Waals surface area contributed by atoms with Crippen LogP contribution in [0.1, 0.15) is 0 Å².